The van der Waals surface area contributed by atoms with Crippen LogP contribution in [0.5, 0.6) is 0 Å². The Balaban J connectivity index is 2.61. The third kappa shape index (κ3) is 1.24. The molecular formula is C11H13N3. The lowest BCUT2D eigenvalue weighted by atomic mass is 9.86. The molecule has 0 radical (unpaired) electrons. The third-order valence-corrected chi connectivity index (χ3v) is 2.83. The van der Waals surface area contributed by atoms with Gasteiger partial charge >= 0.3 is 0 Å². The minimum absolute atomic E-state index is 0.00653. The molecule has 1 aliphatic carbocycles. The fourth-order valence-electron chi connectivity index (χ4n) is 2.09. The van der Waals surface area contributed by atoms with Gasteiger partial charge in [-0.1, -0.05) is 6.07 Å². The average molecular weight is 187 g/mol. The fourth-order valence-corrected chi connectivity index (χ4v) is 2.09. The Hall–Kier alpha value is -1.53. The summed E-state index contributed by atoms with van der Waals surface area (Å²) < 4.78 is 0. The number of anilines is 1. The smallest absolute Gasteiger partial charge is 0.101 e. The van der Waals surface area contributed by atoms with E-state index in [1.165, 1.54) is 5.56 Å². The predicted octanol–water partition coefficient (Wildman–Crippen LogP) is 1.48. The summed E-state index contributed by atoms with van der Waals surface area (Å²) in [5.74, 6) is 0. The zero-order chi connectivity index (χ0) is 10.1. The second-order valence-corrected chi connectivity index (χ2v) is 3.71. The molecule has 14 heavy (non-hydrogen) atoms. The molecule has 0 fully saturated rings. The van der Waals surface area contributed by atoms with Crippen LogP contribution in [0.15, 0.2) is 12.1 Å². The number of nitriles is 1. The van der Waals surface area contributed by atoms with Gasteiger partial charge in [-0.3, -0.25) is 0 Å². The summed E-state index contributed by atoms with van der Waals surface area (Å²) in [6.45, 7) is 0. The molecule has 0 amide bonds. The number of benzene rings is 1. The summed E-state index contributed by atoms with van der Waals surface area (Å²) in [7, 11) is 0. The minimum Gasteiger partial charge on any atom is -0.397 e. The minimum atomic E-state index is 0.00653. The van der Waals surface area contributed by atoms with E-state index in [1.54, 1.807) is 6.07 Å². The van der Waals surface area contributed by atoms with E-state index in [9.17, 15) is 0 Å². The molecule has 1 atom stereocenters. The van der Waals surface area contributed by atoms with Crippen molar-refractivity contribution in [1.29, 1.82) is 5.26 Å². The van der Waals surface area contributed by atoms with Gasteiger partial charge in [0.1, 0.15) is 6.07 Å². The molecule has 4 N–H and O–H groups in total. The van der Waals surface area contributed by atoms with Crippen LogP contribution in [0.25, 0.3) is 0 Å². The Morgan fingerprint density at radius 2 is 2.21 bits per heavy atom. The van der Waals surface area contributed by atoms with Crippen molar-refractivity contribution in [2.75, 3.05) is 5.73 Å². The SMILES string of the molecule is N#Cc1ccc2c(c1N)C(N)CCC2. The summed E-state index contributed by atoms with van der Waals surface area (Å²) in [6, 6.07) is 5.85. The molecule has 0 heterocycles. The molecule has 0 aliphatic heterocycles. The molecule has 0 spiro atoms. The molecule has 3 nitrogen and oxygen atoms in total. The van der Waals surface area contributed by atoms with Crippen LogP contribution >= 0.6 is 0 Å². The van der Waals surface area contributed by atoms with E-state index >= 15 is 0 Å². The number of nitrogens with zero attached hydrogens (tertiary/aromatic N) is 1. The third-order valence-electron chi connectivity index (χ3n) is 2.83. The Bertz CT molecular complexity index is 404. The monoisotopic (exact) mass is 187 g/mol. The van der Waals surface area contributed by atoms with Gasteiger partial charge in [-0.25, -0.2) is 0 Å². The van der Waals surface area contributed by atoms with E-state index in [0.29, 0.717) is 11.3 Å². The first-order valence-electron chi connectivity index (χ1n) is 4.81. The topological polar surface area (TPSA) is 75.8 Å². The van der Waals surface area contributed by atoms with E-state index in [2.05, 4.69) is 6.07 Å². The lowest BCUT2D eigenvalue weighted by molar-refractivity contribution is 0.572. The van der Waals surface area contributed by atoms with Crippen LogP contribution in [-0.2, 0) is 6.42 Å². The molecule has 1 aromatic carbocycles. The number of nitrogen functional groups attached to an aromatic ring is 1. The zero-order valence-corrected chi connectivity index (χ0v) is 7.96. The van der Waals surface area contributed by atoms with Crippen molar-refractivity contribution in [1.82, 2.24) is 0 Å². The number of aryl methyl sites for hydroxylation is 1. The highest BCUT2D eigenvalue weighted by Crippen LogP contribution is 2.33. The van der Waals surface area contributed by atoms with E-state index < -0.39 is 0 Å². The highest BCUT2D eigenvalue weighted by Gasteiger charge is 2.20. The Morgan fingerprint density at radius 1 is 1.43 bits per heavy atom. The van der Waals surface area contributed by atoms with Crippen LogP contribution in [0.1, 0.15) is 35.6 Å². The van der Waals surface area contributed by atoms with Crippen LogP contribution in [0, 0.1) is 11.3 Å². The molecule has 0 aromatic heterocycles. The summed E-state index contributed by atoms with van der Waals surface area (Å²) >= 11 is 0. The first kappa shape index (κ1) is 9.04. The summed E-state index contributed by atoms with van der Waals surface area (Å²) in [6.07, 6.45) is 3.10. The van der Waals surface area contributed by atoms with Gasteiger partial charge in [0.15, 0.2) is 0 Å². The summed E-state index contributed by atoms with van der Waals surface area (Å²) in [4.78, 5) is 0. The van der Waals surface area contributed by atoms with Crippen LogP contribution in [0.3, 0.4) is 0 Å². The maximum Gasteiger partial charge on any atom is 0.101 e. The summed E-state index contributed by atoms with van der Waals surface area (Å²) in [5.41, 5.74) is 15.2. The van der Waals surface area contributed by atoms with Gasteiger partial charge in [0.25, 0.3) is 0 Å². The quantitative estimate of drug-likeness (QED) is 0.604. The van der Waals surface area contributed by atoms with Gasteiger partial charge < -0.3 is 11.5 Å². The van der Waals surface area contributed by atoms with Crippen LogP contribution < -0.4 is 11.5 Å². The molecule has 0 saturated heterocycles. The number of hydrogen-bond donors (Lipinski definition) is 2. The second kappa shape index (κ2) is 3.32. The van der Waals surface area contributed by atoms with E-state index in [-0.39, 0.29) is 6.04 Å². The molecular weight excluding hydrogens is 174 g/mol. The van der Waals surface area contributed by atoms with Crippen molar-refractivity contribution in [3.8, 4) is 6.07 Å². The molecule has 1 unspecified atom stereocenters. The first-order valence-corrected chi connectivity index (χ1v) is 4.81. The second-order valence-electron chi connectivity index (χ2n) is 3.71. The van der Waals surface area contributed by atoms with Gasteiger partial charge in [0, 0.05) is 6.04 Å². The van der Waals surface area contributed by atoms with E-state index in [4.69, 9.17) is 16.7 Å². The molecule has 72 valence electrons. The van der Waals surface area contributed by atoms with Crippen molar-refractivity contribution >= 4 is 5.69 Å². The lowest BCUT2D eigenvalue weighted by Gasteiger charge is -2.24. The van der Waals surface area contributed by atoms with Crippen molar-refractivity contribution in [3.05, 3.63) is 28.8 Å². The number of fused-ring (bicyclic) bond motifs is 1. The lowest BCUT2D eigenvalue weighted by Crippen LogP contribution is -2.19. The van der Waals surface area contributed by atoms with Crippen LogP contribution in [0.2, 0.25) is 0 Å². The van der Waals surface area contributed by atoms with Crippen LogP contribution in [-0.4, -0.2) is 0 Å². The van der Waals surface area contributed by atoms with Gasteiger partial charge in [0.05, 0.1) is 11.3 Å². The molecule has 0 saturated carbocycles. The van der Waals surface area contributed by atoms with Gasteiger partial charge in [0.2, 0.25) is 0 Å². The van der Waals surface area contributed by atoms with Gasteiger partial charge in [-0.15, -0.1) is 0 Å². The average Bonchev–Trinajstić information content (AvgIpc) is 2.18. The van der Waals surface area contributed by atoms with Gasteiger partial charge in [-0.05, 0) is 36.5 Å². The predicted molar refractivity (Wildman–Crippen MR) is 55.4 cm³/mol. The number of hydrogen-bond acceptors (Lipinski definition) is 3. The molecule has 3 heteroatoms. The maximum absolute atomic E-state index is 8.84. The maximum atomic E-state index is 8.84. The standard InChI is InChI=1S/C11H13N3/c12-6-8-5-4-7-2-1-3-9(13)10(7)11(8)14/h4-5,9H,1-3,13-14H2. The Morgan fingerprint density at radius 3 is 2.93 bits per heavy atom. The van der Waals surface area contributed by atoms with Crippen molar-refractivity contribution in [2.45, 2.75) is 25.3 Å². The molecule has 1 aliphatic rings. The number of nitrogens with two attached hydrogens (primary N) is 2. The van der Waals surface area contributed by atoms with Crippen molar-refractivity contribution < 1.29 is 0 Å². The molecule has 2 rings (SSSR count). The molecule has 0 bridgehead atoms. The van der Waals surface area contributed by atoms with E-state index in [0.717, 1.165) is 24.8 Å². The van der Waals surface area contributed by atoms with Gasteiger partial charge in [-0.2, -0.15) is 5.26 Å². The largest absolute Gasteiger partial charge is 0.397 e. The zero-order valence-electron chi connectivity index (χ0n) is 7.96. The first-order chi connectivity index (χ1) is 6.74. The highest BCUT2D eigenvalue weighted by atomic mass is 14.7. The highest BCUT2D eigenvalue weighted by molar-refractivity contribution is 5.63. The summed E-state index contributed by atoms with van der Waals surface area (Å²) in [5, 5.41) is 8.84. The number of rotatable bonds is 0. The van der Waals surface area contributed by atoms with Crippen molar-refractivity contribution in [3.63, 3.8) is 0 Å². The molecule has 1 aromatic rings. The van der Waals surface area contributed by atoms with Crippen molar-refractivity contribution in [2.24, 2.45) is 5.73 Å². The fraction of sp³-hybridized carbons (Fsp3) is 0.364. The van der Waals surface area contributed by atoms with E-state index in [1.807, 2.05) is 6.07 Å². The Kier molecular flexibility index (Phi) is 2.14. The van der Waals surface area contributed by atoms with Crippen LogP contribution in [0.4, 0.5) is 5.69 Å². The Labute approximate surface area is 83.3 Å². The normalized spacial score (nSPS) is 19.9.